The van der Waals surface area contributed by atoms with Gasteiger partial charge in [-0.2, -0.15) is 0 Å². The highest BCUT2D eigenvalue weighted by Crippen LogP contribution is 2.48. The summed E-state index contributed by atoms with van der Waals surface area (Å²) in [6.07, 6.45) is 2.84. The Balaban J connectivity index is 2.11. The normalized spacial score (nSPS) is 27.8. The minimum Gasteiger partial charge on any atom is -0.399 e. The molecular weight excluding hydrogens is 317 g/mol. The van der Waals surface area contributed by atoms with Crippen LogP contribution in [0.4, 0.5) is 8.78 Å². The topological polar surface area (TPSA) is 59.9 Å². The quantitative estimate of drug-likeness (QED) is 0.476. The first-order chi connectivity index (χ1) is 10.9. The van der Waals surface area contributed by atoms with Crippen LogP contribution < -0.4 is 5.32 Å². The first-order valence-corrected chi connectivity index (χ1v) is 7.82. The molecule has 0 aromatic carbocycles. The third-order valence-electron chi connectivity index (χ3n) is 4.73. The van der Waals surface area contributed by atoms with Crippen molar-refractivity contribution in [2.45, 2.75) is 58.2 Å². The van der Waals surface area contributed by atoms with E-state index in [-0.39, 0.29) is 5.82 Å². The second kappa shape index (κ2) is 6.08. The maximum Gasteiger partial charge on any atom is 0.494 e. The lowest BCUT2D eigenvalue weighted by molar-refractivity contribution is -0.123. The molecule has 1 aliphatic heterocycles. The van der Waals surface area contributed by atoms with Crippen LogP contribution in [0.1, 0.15) is 41.0 Å². The Bertz CT molecular complexity index is 598. The molecule has 0 spiro atoms. The maximum absolute atomic E-state index is 13.0. The standard InChI is InChI=1S/C16H23BF2N2O3/c1-7-10(17-23-14(2,3)15(4,5)24-17)8-12(20-6)21-13(22)11-9-16(11,18)19/h7-8,11H,6,9H2,1-5H3,(H,21,22)/b10-7+,12-8+. The Morgan fingerprint density at radius 2 is 1.79 bits per heavy atom. The van der Waals surface area contributed by atoms with Crippen molar-refractivity contribution in [1.29, 1.82) is 0 Å². The monoisotopic (exact) mass is 340 g/mol. The largest absolute Gasteiger partial charge is 0.494 e. The Kier molecular flexibility index (Phi) is 4.76. The second-order valence-electron chi connectivity index (χ2n) is 7.07. The average molecular weight is 340 g/mol. The van der Waals surface area contributed by atoms with E-state index in [9.17, 15) is 13.6 Å². The molecule has 1 saturated carbocycles. The molecule has 0 bridgehead atoms. The van der Waals surface area contributed by atoms with Crippen LogP contribution >= 0.6 is 0 Å². The van der Waals surface area contributed by atoms with Crippen molar-refractivity contribution in [2.75, 3.05) is 0 Å². The molecule has 1 atom stereocenters. The summed E-state index contributed by atoms with van der Waals surface area (Å²) in [7, 11) is -0.643. The zero-order valence-corrected chi connectivity index (χ0v) is 14.7. The maximum atomic E-state index is 13.0. The lowest BCUT2D eigenvalue weighted by Gasteiger charge is -2.32. The van der Waals surface area contributed by atoms with Gasteiger partial charge < -0.3 is 14.6 Å². The molecule has 1 N–H and O–H groups in total. The van der Waals surface area contributed by atoms with Gasteiger partial charge in [0.25, 0.3) is 5.92 Å². The first-order valence-electron chi connectivity index (χ1n) is 7.82. The van der Waals surface area contributed by atoms with Crippen molar-refractivity contribution in [2.24, 2.45) is 10.9 Å². The summed E-state index contributed by atoms with van der Waals surface area (Å²) >= 11 is 0. The van der Waals surface area contributed by atoms with Gasteiger partial charge in [0.1, 0.15) is 11.7 Å². The predicted molar refractivity (Wildman–Crippen MR) is 88.7 cm³/mol. The molecule has 2 fully saturated rings. The Morgan fingerprint density at radius 1 is 1.29 bits per heavy atom. The van der Waals surface area contributed by atoms with E-state index in [2.05, 4.69) is 17.0 Å². The number of hydrogen-bond donors (Lipinski definition) is 1. The van der Waals surface area contributed by atoms with Crippen LogP contribution in [0.3, 0.4) is 0 Å². The number of halogens is 2. The molecule has 2 aliphatic rings. The molecule has 1 heterocycles. The Hall–Kier alpha value is -1.54. The van der Waals surface area contributed by atoms with E-state index in [1.165, 1.54) is 6.08 Å². The molecule has 5 nitrogen and oxygen atoms in total. The zero-order chi connectivity index (χ0) is 18.3. The number of carbonyl (C=O) groups excluding carboxylic acids is 1. The van der Waals surface area contributed by atoms with E-state index in [1.807, 2.05) is 27.7 Å². The van der Waals surface area contributed by atoms with Gasteiger partial charge in [-0.25, -0.2) is 13.8 Å². The van der Waals surface area contributed by atoms with Gasteiger partial charge in [0.05, 0.1) is 11.2 Å². The highest BCUT2D eigenvalue weighted by molar-refractivity contribution is 6.55. The fourth-order valence-electron chi connectivity index (χ4n) is 2.26. The van der Waals surface area contributed by atoms with Crippen LogP contribution in [0, 0.1) is 5.92 Å². The molecule has 24 heavy (non-hydrogen) atoms. The van der Waals surface area contributed by atoms with Crippen LogP contribution in [0.5, 0.6) is 0 Å². The zero-order valence-electron chi connectivity index (χ0n) is 14.7. The number of hydrogen-bond acceptors (Lipinski definition) is 4. The van der Waals surface area contributed by atoms with Crippen molar-refractivity contribution in [3.8, 4) is 0 Å². The highest BCUT2D eigenvalue weighted by Gasteiger charge is 2.61. The Labute approximate surface area is 141 Å². The Morgan fingerprint density at radius 3 is 2.17 bits per heavy atom. The molecule has 1 aliphatic carbocycles. The fraction of sp³-hybridized carbons (Fsp3) is 0.625. The van der Waals surface area contributed by atoms with Crippen molar-refractivity contribution in [1.82, 2.24) is 5.32 Å². The molecule has 2 rings (SSSR count). The summed E-state index contributed by atoms with van der Waals surface area (Å²) in [4.78, 5) is 15.5. The second-order valence-corrected chi connectivity index (χ2v) is 7.07. The van der Waals surface area contributed by atoms with Gasteiger partial charge in [-0.1, -0.05) is 6.08 Å². The number of amides is 1. The van der Waals surface area contributed by atoms with Gasteiger partial charge in [0, 0.05) is 6.42 Å². The smallest absolute Gasteiger partial charge is 0.399 e. The molecule has 0 aromatic heterocycles. The van der Waals surface area contributed by atoms with Crippen LogP contribution in [0.2, 0.25) is 0 Å². The molecule has 0 aromatic rings. The average Bonchev–Trinajstić information content (AvgIpc) is 3.03. The van der Waals surface area contributed by atoms with Gasteiger partial charge in [0.2, 0.25) is 5.91 Å². The molecule has 1 unspecified atom stereocenters. The van der Waals surface area contributed by atoms with Gasteiger partial charge >= 0.3 is 7.12 Å². The number of nitrogens with zero attached hydrogens (tertiary/aromatic N) is 1. The summed E-state index contributed by atoms with van der Waals surface area (Å²) in [5.41, 5.74) is -0.402. The van der Waals surface area contributed by atoms with Gasteiger partial charge in [0.15, 0.2) is 0 Å². The minimum atomic E-state index is -2.93. The third-order valence-corrected chi connectivity index (χ3v) is 4.73. The van der Waals surface area contributed by atoms with Crippen molar-refractivity contribution >= 4 is 19.7 Å². The first kappa shape index (κ1) is 18.8. The van der Waals surface area contributed by atoms with Gasteiger partial charge in [-0.3, -0.25) is 4.79 Å². The lowest BCUT2D eigenvalue weighted by atomic mass is 9.77. The highest BCUT2D eigenvalue weighted by atomic mass is 19.3. The number of carbonyl (C=O) groups is 1. The summed E-state index contributed by atoms with van der Waals surface area (Å²) in [6, 6.07) is 0. The summed E-state index contributed by atoms with van der Waals surface area (Å²) in [5.74, 6) is -4.90. The van der Waals surface area contributed by atoms with E-state index in [0.29, 0.717) is 5.47 Å². The molecular formula is C16H23BF2N2O3. The fourth-order valence-corrected chi connectivity index (χ4v) is 2.26. The van der Waals surface area contributed by atoms with Gasteiger partial charge in [-0.05, 0) is 52.9 Å². The summed E-state index contributed by atoms with van der Waals surface area (Å²) in [6.45, 7) is 12.9. The van der Waals surface area contributed by atoms with Crippen LogP contribution in [0.25, 0.3) is 0 Å². The SMILES string of the molecule is C=N/C(=C\C(=C/C)B1OC(C)(C)C(C)(C)O1)NC(=O)C1CC1(F)F. The molecule has 8 heteroatoms. The van der Waals surface area contributed by atoms with Crippen LogP contribution in [-0.2, 0) is 14.1 Å². The molecule has 0 radical (unpaired) electrons. The van der Waals surface area contributed by atoms with E-state index < -0.39 is 42.5 Å². The predicted octanol–water partition coefficient (Wildman–Crippen LogP) is 2.88. The number of alkyl halides is 2. The van der Waals surface area contributed by atoms with E-state index in [0.717, 1.165) is 0 Å². The molecule has 132 valence electrons. The minimum absolute atomic E-state index is 0.0884. The lowest BCUT2D eigenvalue weighted by Crippen LogP contribution is -2.41. The van der Waals surface area contributed by atoms with Crippen molar-refractivity contribution < 1.29 is 22.9 Å². The van der Waals surface area contributed by atoms with Gasteiger partial charge in [-0.15, -0.1) is 0 Å². The summed E-state index contributed by atoms with van der Waals surface area (Å²) in [5, 5.41) is 2.38. The molecule has 1 amide bonds. The molecule has 1 saturated heterocycles. The number of rotatable bonds is 5. The third kappa shape index (κ3) is 3.59. The van der Waals surface area contributed by atoms with E-state index in [4.69, 9.17) is 9.31 Å². The van der Waals surface area contributed by atoms with Crippen molar-refractivity contribution in [3.63, 3.8) is 0 Å². The number of allylic oxidation sites excluding steroid dienone is 3. The van der Waals surface area contributed by atoms with E-state index >= 15 is 0 Å². The number of nitrogens with one attached hydrogen (secondary N) is 1. The summed E-state index contributed by atoms with van der Waals surface area (Å²) < 4.78 is 37.8. The van der Waals surface area contributed by atoms with Crippen LogP contribution in [0.15, 0.2) is 28.4 Å². The van der Waals surface area contributed by atoms with Crippen LogP contribution in [-0.4, -0.2) is 36.9 Å². The van der Waals surface area contributed by atoms with Crippen molar-refractivity contribution in [3.05, 3.63) is 23.4 Å². The van der Waals surface area contributed by atoms with E-state index in [1.54, 1.807) is 13.0 Å². The number of aliphatic imine (C=N–C) groups is 1.